The normalized spacial score (nSPS) is 10.6. The molecule has 8 nitrogen and oxygen atoms in total. The molecular weight excluding hydrogens is 396 g/mol. The van der Waals surface area contributed by atoms with Crippen molar-refractivity contribution in [3.63, 3.8) is 0 Å². The van der Waals surface area contributed by atoms with Gasteiger partial charge in [0, 0.05) is 23.4 Å². The maximum atomic E-state index is 12.3. The van der Waals surface area contributed by atoms with Gasteiger partial charge < -0.3 is 5.32 Å². The summed E-state index contributed by atoms with van der Waals surface area (Å²) in [6.07, 6.45) is 0.913. The van der Waals surface area contributed by atoms with E-state index in [2.05, 4.69) is 17.3 Å². The maximum Gasteiger partial charge on any atom is 0.289 e. The molecule has 0 atom stereocenters. The molecule has 29 heavy (non-hydrogen) atoms. The van der Waals surface area contributed by atoms with Gasteiger partial charge >= 0.3 is 0 Å². The van der Waals surface area contributed by atoms with E-state index >= 15 is 0 Å². The van der Waals surface area contributed by atoms with E-state index in [1.807, 2.05) is 24.3 Å². The lowest BCUT2D eigenvalue weighted by molar-refractivity contribution is -0.384. The van der Waals surface area contributed by atoms with Gasteiger partial charge in [-0.15, -0.1) is 0 Å². The standard InChI is InChI=1S/C20H17ClN4O4/c1-2-13-3-5-14(6-4-13)17-9-10-20(27)24(23-17)12-19(26)22-15-7-8-16(21)18(11-15)25(28)29/h3-11H,2,12H2,1H3,(H,22,26). The van der Waals surface area contributed by atoms with Crippen molar-refractivity contribution in [3.8, 4) is 11.3 Å². The molecule has 0 saturated carbocycles. The molecule has 0 bridgehead atoms. The highest BCUT2D eigenvalue weighted by atomic mass is 35.5. The van der Waals surface area contributed by atoms with Crippen LogP contribution in [-0.2, 0) is 17.8 Å². The minimum Gasteiger partial charge on any atom is -0.324 e. The Labute approximate surface area is 170 Å². The van der Waals surface area contributed by atoms with Gasteiger partial charge in [0.05, 0.1) is 10.6 Å². The molecule has 3 aromatic rings. The first-order valence-corrected chi connectivity index (χ1v) is 9.16. The van der Waals surface area contributed by atoms with Crippen molar-refractivity contribution in [2.75, 3.05) is 5.32 Å². The minimum atomic E-state index is -0.642. The number of hydrogen-bond acceptors (Lipinski definition) is 5. The number of nitrogens with zero attached hydrogens (tertiary/aromatic N) is 3. The highest BCUT2D eigenvalue weighted by Gasteiger charge is 2.15. The number of aromatic nitrogens is 2. The summed E-state index contributed by atoms with van der Waals surface area (Å²) in [6, 6.07) is 14.6. The van der Waals surface area contributed by atoms with Crippen molar-refractivity contribution in [3.05, 3.63) is 85.7 Å². The van der Waals surface area contributed by atoms with Crippen molar-refractivity contribution in [1.82, 2.24) is 9.78 Å². The summed E-state index contributed by atoms with van der Waals surface area (Å²) in [6.45, 7) is 1.72. The van der Waals surface area contributed by atoms with E-state index in [1.165, 1.54) is 23.8 Å². The van der Waals surface area contributed by atoms with Crippen LogP contribution >= 0.6 is 11.6 Å². The highest BCUT2D eigenvalue weighted by Crippen LogP contribution is 2.27. The predicted molar refractivity (Wildman–Crippen MR) is 110 cm³/mol. The number of amides is 1. The third-order valence-corrected chi connectivity index (χ3v) is 4.56. The Kier molecular flexibility index (Phi) is 6.04. The van der Waals surface area contributed by atoms with Crippen LogP contribution in [0.3, 0.4) is 0 Å². The van der Waals surface area contributed by atoms with Gasteiger partial charge in [-0.2, -0.15) is 5.10 Å². The molecule has 0 aliphatic rings. The van der Waals surface area contributed by atoms with Gasteiger partial charge in [-0.05, 0) is 30.2 Å². The Balaban J connectivity index is 1.79. The summed E-state index contributed by atoms with van der Waals surface area (Å²) >= 11 is 5.76. The van der Waals surface area contributed by atoms with Gasteiger partial charge in [0.15, 0.2) is 0 Å². The summed E-state index contributed by atoms with van der Waals surface area (Å²) in [4.78, 5) is 34.7. The monoisotopic (exact) mass is 412 g/mol. The van der Waals surface area contributed by atoms with Crippen LogP contribution in [0.5, 0.6) is 0 Å². The Morgan fingerprint density at radius 3 is 2.55 bits per heavy atom. The molecule has 0 aliphatic heterocycles. The van der Waals surface area contributed by atoms with Crippen LogP contribution in [-0.4, -0.2) is 20.6 Å². The smallest absolute Gasteiger partial charge is 0.289 e. The first-order chi connectivity index (χ1) is 13.9. The molecule has 3 rings (SSSR count). The summed E-state index contributed by atoms with van der Waals surface area (Å²) in [5, 5.41) is 17.7. The van der Waals surface area contributed by atoms with Crippen LogP contribution in [0, 0.1) is 10.1 Å². The number of benzene rings is 2. The van der Waals surface area contributed by atoms with Gasteiger partial charge in [0.1, 0.15) is 11.6 Å². The predicted octanol–water partition coefficient (Wildman–Crippen LogP) is 3.67. The van der Waals surface area contributed by atoms with Crippen molar-refractivity contribution >= 4 is 28.9 Å². The summed E-state index contributed by atoms with van der Waals surface area (Å²) in [5.74, 6) is -0.547. The number of carbonyl (C=O) groups excluding carboxylic acids is 1. The van der Waals surface area contributed by atoms with Crippen LogP contribution in [0.4, 0.5) is 11.4 Å². The Morgan fingerprint density at radius 2 is 1.90 bits per heavy atom. The van der Waals surface area contributed by atoms with Gasteiger partial charge in [-0.1, -0.05) is 42.8 Å². The molecule has 9 heteroatoms. The third-order valence-electron chi connectivity index (χ3n) is 4.24. The fourth-order valence-corrected chi connectivity index (χ4v) is 2.88. The number of halogens is 1. The summed E-state index contributed by atoms with van der Waals surface area (Å²) < 4.78 is 1.04. The van der Waals surface area contributed by atoms with Crippen molar-refractivity contribution in [2.24, 2.45) is 0 Å². The quantitative estimate of drug-likeness (QED) is 0.491. The van der Waals surface area contributed by atoms with Gasteiger partial charge in [0.25, 0.3) is 11.2 Å². The topological polar surface area (TPSA) is 107 Å². The van der Waals surface area contributed by atoms with Crippen molar-refractivity contribution in [2.45, 2.75) is 19.9 Å². The molecule has 1 heterocycles. The zero-order valence-electron chi connectivity index (χ0n) is 15.5. The largest absolute Gasteiger partial charge is 0.324 e. The zero-order valence-corrected chi connectivity index (χ0v) is 16.2. The molecule has 0 radical (unpaired) electrons. The van der Waals surface area contributed by atoms with Crippen LogP contribution in [0.15, 0.2) is 59.4 Å². The number of nitro benzene ring substituents is 1. The first kappa shape index (κ1) is 20.2. The average Bonchev–Trinajstić information content (AvgIpc) is 2.71. The lowest BCUT2D eigenvalue weighted by atomic mass is 10.1. The Morgan fingerprint density at radius 1 is 1.17 bits per heavy atom. The van der Waals surface area contributed by atoms with Crippen LogP contribution in [0.25, 0.3) is 11.3 Å². The van der Waals surface area contributed by atoms with Crippen molar-refractivity contribution < 1.29 is 9.72 Å². The molecule has 0 aliphatic carbocycles. The lowest BCUT2D eigenvalue weighted by Crippen LogP contribution is -2.29. The fraction of sp³-hybridized carbons (Fsp3) is 0.150. The summed E-state index contributed by atoms with van der Waals surface area (Å²) in [7, 11) is 0. The molecular formula is C20H17ClN4O4. The van der Waals surface area contributed by atoms with E-state index < -0.39 is 16.4 Å². The Hall–Kier alpha value is -3.52. The zero-order chi connectivity index (χ0) is 21.0. The Bertz CT molecular complexity index is 1130. The first-order valence-electron chi connectivity index (χ1n) is 8.78. The van der Waals surface area contributed by atoms with Gasteiger partial charge in [-0.3, -0.25) is 19.7 Å². The number of rotatable bonds is 6. The van der Waals surface area contributed by atoms with Gasteiger partial charge in [-0.25, -0.2) is 4.68 Å². The molecule has 148 valence electrons. The molecule has 1 amide bonds. The van der Waals surface area contributed by atoms with Crippen LogP contribution in [0.1, 0.15) is 12.5 Å². The van der Waals surface area contributed by atoms with E-state index in [9.17, 15) is 19.7 Å². The number of carbonyl (C=O) groups is 1. The van der Waals surface area contributed by atoms with E-state index in [0.29, 0.717) is 5.69 Å². The average molecular weight is 413 g/mol. The van der Waals surface area contributed by atoms with Gasteiger partial charge in [0.2, 0.25) is 5.91 Å². The van der Waals surface area contributed by atoms with E-state index in [4.69, 9.17) is 11.6 Å². The second-order valence-electron chi connectivity index (χ2n) is 6.24. The molecule has 2 aromatic carbocycles. The maximum absolute atomic E-state index is 12.3. The molecule has 0 spiro atoms. The number of aryl methyl sites for hydroxylation is 1. The highest BCUT2D eigenvalue weighted by molar-refractivity contribution is 6.32. The fourth-order valence-electron chi connectivity index (χ4n) is 2.69. The van der Waals surface area contributed by atoms with E-state index in [1.54, 1.807) is 6.07 Å². The van der Waals surface area contributed by atoms with E-state index in [-0.39, 0.29) is 22.9 Å². The number of hydrogen-bond donors (Lipinski definition) is 1. The SMILES string of the molecule is CCc1ccc(-c2ccc(=O)n(CC(=O)Nc3ccc(Cl)c([N+](=O)[O-])c3)n2)cc1. The lowest BCUT2D eigenvalue weighted by Gasteiger charge is -2.09. The second-order valence-corrected chi connectivity index (χ2v) is 6.64. The second kappa shape index (κ2) is 8.66. The molecule has 0 unspecified atom stereocenters. The number of anilines is 1. The number of nitro groups is 1. The molecule has 0 saturated heterocycles. The van der Waals surface area contributed by atoms with Crippen LogP contribution < -0.4 is 10.9 Å². The minimum absolute atomic E-state index is 0.0346. The van der Waals surface area contributed by atoms with Crippen LogP contribution in [0.2, 0.25) is 5.02 Å². The molecule has 0 fully saturated rings. The molecule has 1 N–H and O–H groups in total. The molecule has 1 aromatic heterocycles. The summed E-state index contributed by atoms with van der Waals surface area (Å²) in [5.41, 5.74) is 2.00. The third kappa shape index (κ3) is 4.85. The van der Waals surface area contributed by atoms with Crippen molar-refractivity contribution in [1.29, 1.82) is 0 Å². The number of nitrogens with one attached hydrogen (secondary N) is 1. The van der Waals surface area contributed by atoms with E-state index in [0.717, 1.165) is 22.7 Å².